The van der Waals surface area contributed by atoms with E-state index >= 15 is 0 Å². The van der Waals surface area contributed by atoms with Crippen LogP contribution in [-0.2, 0) is 9.16 Å². The van der Waals surface area contributed by atoms with E-state index in [0.717, 1.165) is 0 Å². The highest BCUT2D eigenvalue weighted by Crippen LogP contribution is 2.39. The Balaban J connectivity index is 1.92. The summed E-state index contributed by atoms with van der Waals surface area (Å²) in [6, 6.07) is 0. The molecule has 158 valence electrons. The number of azide groups is 1. The van der Waals surface area contributed by atoms with Gasteiger partial charge in [0.15, 0.2) is 31.5 Å². The molecule has 1 aliphatic heterocycles. The van der Waals surface area contributed by atoms with Crippen molar-refractivity contribution in [2.75, 3.05) is 12.3 Å². The summed E-state index contributed by atoms with van der Waals surface area (Å²) in [5, 5.41) is 24.7. The number of aromatic nitrogens is 4. The number of anilines is 1. The topological polar surface area (TPSA) is 177 Å². The molecule has 3 heterocycles. The van der Waals surface area contributed by atoms with E-state index in [1.807, 2.05) is 0 Å². The molecule has 0 bridgehead atoms. The largest absolute Gasteiger partial charge is 0.414 e. The lowest BCUT2D eigenvalue weighted by Crippen LogP contribution is -2.44. The van der Waals surface area contributed by atoms with Gasteiger partial charge in [-0.1, -0.05) is 20.8 Å². The summed E-state index contributed by atoms with van der Waals surface area (Å²) in [4.78, 5) is 14.9. The summed E-state index contributed by atoms with van der Waals surface area (Å²) in [6.07, 6.45) is -3.16. The van der Waals surface area contributed by atoms with Crippen molar-refractivity contribution in [3.8, 4) is 0 Å². The van der Waals surface area contributed by atoms with Crippen LogP contribution < -0.4 is 5.73 Å². The normalized spacial score (nSPS) is 25.3. The summed E-state index contributed by atoms with van der Waals surface area (Å²) in [6.45, 7) is 10.6. The number of nitrogens with two attached hydrogens (primary N) is 1. The average molecular weight is 423 g/mol. The van der Waals surface area contributed by atoms with Crippen molar-refractivity contribution >= 4 is 31.2 Å². The number of ether oxygens (including phenoxy) is 1. The molecule has 2 aromatic heterocycles. The minimum atomic E-state index is -2.08. The van der Waals surface area contributed by atoms with Crippen LogP contribution in [0.1, 0.15) is 27.0 Å². The molecule has 0 radical (unpaired) electrons. The second-order valence-corrected chi connectivity index (χ2v) is 13.3. The van der Waals surface area contributed by atoms with Crippen LogP contribution >= 0.6 is 0 Å². The third-order valence-electron chi connectivity index (χ3n) is 5.63. The van der Waals surface area contributed by atoms with Crippen molar-refractivity contribution in [2.24, 2.45) is 5.11 Å². The SMILES string of the molecule is CC(C)(C)[Si](C)(C)OC[C@H]1O[C@@H](n2c(N=[N+]=[N-])nc3c(N)ncnc32)[C@H](O)[C@@H]1O. The van der Waals surface area contributed by atoms with E-state index in [1.54, 1.807) is 0 Å². The molecule has 4 N–H and O–H groups in total. The average Bonchev–Trinajstić information content (AvgIpc) is 3.12. The zero-order valence-electron chi connectivity index (χ0n) is 17.0. The predicted octanol–water partition coefficient (Wildman–Crippen LogP) is 1.99. The van der Waals surface area contributed by atoms with Gasteiger partial charge in [-0.05, 0) is 28.8 Å². The van der Waals surface area contributed by atoms with Crippen LogP contribution in [0.4, 0.5) is 11.8 Å². The number of hydrogen-bond acceptors (Lipinski definition) is 9. The Kier molecular flexibility index (Phi) is 5.55. The highest BCUT2D eigenvalue weighted by atomic mass is 28.4. The maximum Gasteiger partial charge on any atom is 0.201 e. The molecule has 0 spiro atoms. The van der Waals surface area contributed by atoms with Crippen LogP contribution in [0.2, 0.25) is 18.1 Å². The van der Waals surface area contributed by atoms with Gasteiger partial charge in [-0.15, -0.1) is 0 Å². The molecule has 0 aromatic carbocycles. The van der Waals surface area contributed by atoms with E-state index in [1.165, 1.54) is 10.9 Å². The van der Waals surface area contributed by atoms with Gasteiger partial charge in [-0.25, -0.2) is 15.0 Å². The third-order valence-corrected chi connectivity index (χ3v) is 10.1. The number of nitrogens with zero attached hydrogens (tertiary/aromatic N) is 7. The number of hydrogen-bond donors (Lipinski definition) is 3. The van der Waals surface area contributed by atoms with E-state index in [9.17, 15) is 10.2 Å². The minimum Gasteiger partial charge on any atom is -0.414 e. The van der Waals surface area contributed by atoms with Gasteiger partial charge in [0.05, 0.1) is 6.61 Å². The maximum atomic E-state index is 10.6. The van der Waals surface area contributed by atoms with Gasteiger partial charge < -0.3 is 25.1 Å². The summed E-state index contributed by atoms with van der Waals surface area (Å²) in [5.41, 5.74) is 15.1. The molecular formula is C16H26N8O4Si. The fourth-order valence-electron chi connectivity index (χ4n) is 2.85. The fraction of sp³-hybridized carbons (Fsp3) is 0.688. The van der Waals surface area contributed by atoms with Gasteiger partial charge in [0.1, 0.15) is 24.6 Å². The Morgan fingerprint density at radius 3 is 2.66 bits per heavy atom. The molecule has 0 unspecified atom stereocenters. The van der Waals surface area contributed by atoms with Crippen molar-refractivity contribution in [3.63, 3.8) is 0 Å². The summed E-state index contributed by atoms with van der Waals surface area (Å²) in [7, 11) is -2.08. The Morgan fingerprint density at radius 2 is 2.03 bits per heavy atom. The monoisotopic (exact) mass is 422 g/mol. The molecule has 4 atom stereocenters. The quantitative estimate of drug-likeness (QED) is 0.283. The van der Waals surface area contributed by atoms with E-state index < -0.39 is 32.9 Å². The van der Waals surface area contributed by atoms with Gasteiger partial charge in [-0.3, -0.25) is 4.57 Å². The summed E-state index contributed by atoms with van der Waals surface area (Å²) >= 11 is 0. The number of aliphatic hydroxyl groups excluding tert-OH is 2. The van der Waals surface area contributed by atoms with Gasteiger partial charge in [-0.2, -0.15) is 0 Å². The van der Waals surface area contributed by atoms with Crippen molar-refractivity contribution in [1.29, 1.82) is 0 Å². The lowest BCUT2D eigenvalue weighted by molar-refractivity contribution is -0.0482. The second kappa shape index (κ2) is 7.52. The van der Waals surface area contributed by atoms with Crippen molar-refractivity contribution in [3.05, 3.63) is 16.8 Å². The number of imidazole rings is 1. The number of aliphatic hydroxyl groups is 2. The molecule has 13 heteroatoms. The molecule has 2 aromatic rings. The Labute approximate surface area is 168 Å². The molecule has 0 amide bonds. The maximum absolute atomic E-state index is 10.6. The zero-order chi connectivity index (χ0) is 21.6. The van der Waals surface area contributed by atoms with Gasteiger partial charge in [0.2, 0.25) is 5.95 Å². The predicted molar refractivity (Wildman–Crippen MR) is 108 cm³/mol. The fourth-order valence-corrected chi connectivity index (χ4v) is 3.86. The zero-order valence-corrected chi connectivity index (χ0v) is 18.0. The van der Waals surface area contributed by atoms with E-state index in [0.29, 0.717) is 0 Å². The third kappa shape index (κ3) is 3.80. The molecule has 1 aliphatic rings. The lowest BCUT2D eigenvalue weighted by Gasteiger charge is -2.37. The standard InChI is InChI=1S/C16H26N8O4Si/c1-16(2,3)29(4,5)27-6-8-10(25)11(26)14(28-8)24-13-9(12(17)19-7-20-13)21-15(24)22-23-18/h7-8,10-11,14,25-26H,6H2,1-5H3,(H2,17,19,20)/t8-,10-,11-,14-/m1/s1. The molecule has 29 heavy (non-hydrogen) atoms. The lowest BCUT2D eigenvalue weighted by atomic mass is 10.1. The van der Waals surface area contributed by atoms with Crippen molar-refractivity contribution in [1.82, 2.24) is 19.5 Å². The van der Waals surface area contributed by atoms with Crippen LogP contribution in [0.5, 0.6) is 0 Å². The number of fused-ring (bicyclic) bond motifs is 1. The molecule has 0 saturated carbocycles. The number of nitrogen functional groups attached to an aromatic ring is 1. The van der Waals surface area contributed by atoms with E-state index in [-0.39, 0.29) is 34.6 Å². The van der Waals surface area contributed by atoms with Crippen LogP contribution in [-0.4, -0.2) is 63.0 Å². The number of rotatable bonds is 5. The first-order valence-electron chi connectivity index (χ1n) is 9.17. The van der Waals surface area contributed by atoms with Gasteiger partial charge >= 0.3 is 0 Å². The first kappa shape index (κ1) is 21.4. The Hall–Kier alpha value is -2.28. The van der Waals surface area contributed by atoms with Crippen molar-refractivity contribution in [2.45, 2.75) is 63.4 Å². The Bertz CT molecular complexity index is 952. The molecule has 0 aliphatic carbocycles. The van der Waals surface area contributed by atoms with Crippen LogP contribution in [0.3, 0.4) is 0 Å². The smallest absolute Gasteiger partial charge is 0.201 e. The summed E-state index contributed by atoms with van der Waals surface area (Å²) in [5.74, 6) is -0.00843. The molecule has 3 rings (SSSR count). The first-order valence-corrected chi connectivity index (χ1v) is 12.1. The molecule has 12 nitrogen and oxygen atoms in total. The van der Waals surface area contributed by atoms with E-state index in [4.69, 9.17) is 20.4 Å². The second-order valence-electron chi connectivity index (χ2n) is 8.52. The van der Waals surface area contributed by atoms with Crippen molar-refractivity contribution < 1.29 is 19.4 Å². The molecule has 1 saturated heterocycles. The molecule has 1 fully saturated rings. The van der Waals surface area contributed by atoms with Crippen LogP contribution in [0.15, 0.2) is 11.4 Å². The van der Waals surface area contributed by atoms with Crippen LogP contribution in [0, 0.1) is 0 Å². The summed E-state index contributed by atoms with van der Waals surface area (Å²) < 4.78 is 13.4. The first-order chi connectivity index (χ1) is 13.5. The van der Waals surface area contributed by atoms with Crippen LogP contribution in [0.25, 0.3) is 21.6 Å². The molecular weight excluding hydrogens is 396 g/mol. The minimum absolute atomic E-state index is 0.0156. The highest BCUT2D eigenvalue weighted by Gasteiger charge is 2.47. The van der Waals surface area contributed by atoms with Gasteiger partial charge in [0.25, 0.3) is 0 Å². The Morgan fingerprint density at radius 1 is 1.34 bits per heavy atom. The highest BCUT2D eigenvalue weighted by molar-refractivity contribution is 6.74. The van der Waals surface area contributed by atoms with E-state index in [2.05, 4.69) is 58.8 Å². The van der Waals surface area contributed by atoms with Gasteiger partial charge in [0, 0.05) is 4.91 Å².